The van der Waals surface area contributed by atoms with E-state index in [9.17, 15) is 39.0 Å². The summed E-state index contributed by atoms with van der Waals surface area (Å²) in [5.41, 5.74) is 13.0. The Balaban J connectivity index is 2.13. The third kappa shape index (κ3) is 10.5. The topological polar surface area (TPSA) is 267 Å². The van der Waals surface area contributed by atoms with Crippen molar-refractivity contribution < 1.29 is 44.1 Å². The second kappa shape index (κ2) is 15.9. The van der Waals surface area contributed by atoms with Gasteiger partial charge in [-0.1, -0.05) is 18.2 Å². The van der Waals surface area contributed by atoms with Gasteiger partial charge in [0, 0.05) is 23.5 Å². The summed E-state index contributed by atoms with van der Waals surface area (Å²) in [6.07, 6.45) is 0.867. The van der Waals surface area contributed by atoms with Crippen molar-refractivity contribution in [3.8, 4) is 0 Å². The van der Waals surface area contributed by atoms with Crippen molar-refractivity contribution in [2.75, 3.05) is 6.54 Å². The van der Waals surface area contributed by atoms with Gasteiger partial charge in [-0.15, -0.1) is 0 Å². The molecule has 0 aliphatic rings. The first-order valence-electron chi connectivity index (χ1n) is 13.0. The number of hydrogen-bond donors (Lipinski definition) is 9. The lowest BCUT2D eigenvalue weighted by atomic mass is 10.0. The van der Waals surface area contributed by atoms with Crippen molar-refractivity contribution in [2.45, 2.75) is 69.1 Å². The van der Waals surface area contributed by atoms with Crippen molar-refractivity contribution >= 4 is 46.5 Å². The highest BCUT2D eigenvalue weighted by molar-refractivity contribution is 5.96. The van der Waals surface area contributed by atoms with Crippen molar-refractivity contribution in [2.24, 2.45) is 11.5 Å². The number of hydrogen-bond acceptors (Lipinski definition) is 8. The molecule has 1 aromatic heterocycles. The van der Waals surface area contributed by atoms with E-state index in [-0.39, 0.29) is 12.8 Å². The summed E-state index contributed by atoms with van der Waals surface area (Å²) < 4.78 is 0. The number of amides is 3. The Labute approximate surface area is 235 Å². The second-order valence-electron chi connectivity index (χ2n) is 9.51. The summed E-state index contributed by atoms with van der Waals surface area (Å²) in [7, 11) is 0. The Morgan fingerprint density at radius 2 is 1.44 bits per heavy atom. The summed E-state index contributed by atoms with van der Waals surface area (Å²) in [6.45, 7) is 0.319. The van der Waals surface area contributed by atoms with Gasteiger partial charge in [-0.2, -0.15) is 0 Å². The molecule has 11 N–H and O–H groups in total. The minimum absolute atomic E-state index is 0.0455. The fourth-order valence-electron chi connectivity index (χ4n) is 4.12. The maximum atomic E-state index is 13.0. The van der Waals surface area contributed by atoms with Crippen molar-refractivity contribution in [1.29, 1.82) is 0 Å². The Morgan fingerprint density at radius 1 is 0.805 bits per heavy atom. The van der Waals surface area contributed by atoms with Gasteiger partial charge in [-0.3, -0.25) is 24.0 Å². The zero-order valence-corrected chi connectivity index (χ0v) is 22.3. The number of aromatic amines is 1. The zero-order chi connectivity index (χ0) is 30.5. The van der Waals surface area contributed by atoms with Crippen LogP contribution < -0.4 is 27.4 Å². The third-order valence-electron chi connectivity index (χ3n) is 6.30. The first-order chi connectivity index (χ1) is 19.4. The highest BCUT2D eigenvalue weighted by Gasteiger charge is 2.31. The largest absolute Gasteiger partial charge is 0.481 e. The van der Waals surface area contributed by atoms with Gasteiger partial charge in [0.1, 0.15) is 18.1 Å². The Hall–Kier alpha value is -4.50. The minimum atomic E-state index is -1.66. The molecule has 41 heavy (non-hydrogen) atoms. The monoisotopic (exact) mass is 576 g/mol. The molecule has 1 heterocycles. The van der Waals surface area contributed by atoms with E-state index in [1.165, 1.54) is 0 Å². The number of carboxylic acid groups (broad SMARTS) is 3. The molecule has 0 bridgehead atoms. The lowest BCUT2D eigenvalue weighted by Gasteiger charge is -2.24. The van der Waals surface area contributed by atoms with Gasteiger partial charge in [0.25, 0.3) is 0 Å². The van der Waals surface area contributed by atoms with Gasteiger partial charge in [0.15, 0.2) is 0 Å². The standard InChI is InChI=1S/C26H36N6O9/c27-10-4-3-7-19(26(40)41)31-24(38)18(8-9-21(33)34)30-25(39)20(12-22(35)36)32-23(37)16(28)11-14-13-29-17-6-2-1-5-15(14)17/h1-2,5-6,13,16,18-20,29H,3-4,7-12,27-28H2,(H,30,39)(H,31,38)(H,32,37)(H,33,34)(H,35,36)(H,40,41). The van der Waals surface area contributed by atoms with Crippen molar-refractivity contribution in [3.05, 3.63) is 36.0 Å². The number of aromatic nitrogens is 1. The molecule has 2 aromatic rings. The van der Waals surface area contributed by atoms with Crippen molar-refractivity contribution in [1.82, 2.24) is 20.9 Å². The average molecular weight is 577 g/mol. The number of carboxylic acids is 3. The molecule has 0 fully saturated rings. The fraction of sp³-hybridized carbons (Fsp3) is 0.462. The van der Waals surface area contributed by atoms with Gasteiger partial charge >= 0.3 is 17.9 Å². The Morgan fingerprint density at radius 3 is 2.07 bits per heavy atom. The van der Waals surface area contributed by atoms with Gasteiger partial charge in [-0.25, -0.2) is 4.79 Å². The van der Waals surface area contributed by atoms with E-state index in [2.05, 4.69) is 20.9 Å². The summed E-state index contributed by atoms with van der Waals surface area (Å²) >= 11 is 0. The van der Waals surface area contributed by atoms with Crippen LogP contribution >= 0.6 is 0 Å². The molecule has 0 aliphatic heterocycles. The van der Waals surface area contributed by atoms with Crippen LogP contribution in [-0.4, -0.2) is 86.6 Å². The van der Waals surface area contributed by atoms with Crippen LogP contribution in [0.2, 0.25) is 0 Å². The molecule has 1 aromatic carbocycles. The molecule has 15 heteroatoms. The molecule has 0 saturated carbocycles. The van der Waals surface area contributed by atoms with Gasteiger partial charge < -0.3 is 47.7 Å². The Bertz CT molecular complexity index is 1250. The number of unbranched alkanes of at least 4 members (excludes halogenated alkanes) is 1. The molecule has 0 spiro atoms. The highest BCUT2D eigenvalue weighted by atomic mass is 16.4. The van der Waals surface area contributed by atoms with E-state index in [1.54, 1.807) is 6.20 Å². The second-order valence-corrected chi connectivity index (χ2v) is 9.51. The van der Waals surface area contributed by atoms with Crippen molar-refractivity contribution in [3.63, 3.8) is 0 Å². The number of carbonyl (C=O) groups excluding carboxylic acids is 3. The third-order valence-corrected chi connectivity index (χ3v) is 6.30. The molecular formula is C26H36N6O9. The molecule has 0 aliphatic carbocycles. The lowest BCUT2D eigenvalue weighted by molar-refractivity contribution is -0.143. The maximum absolute atomic E-state index is 13.0. The van der Waals surface area contributed by atoms with Crippen LogP contribution in [0.1, 0.15) is 44.1 Å². The van der Waals surface area contributed by atoms with Crippen LogP contribution in [0.25, 0.3) is 10.9 Å². The SMILES string of the molecule is NCCCCC(NC(=O)C(CCC(=O)O)NC(=O)C(CC(=O)O)NC(=O)C(N)Cc1c[nH]c2ccccc12)C(=O)O. The van der Waals surface area contributed by atoms with Crippen LogP contribution in [0, 0.1) is 0 Å². The number of aliphatic carboxylic acids is 3. The summed E-state index contributed by atoms with van der Waals surface area (Å²) in [6, 6.07) is 1.66. The van der Waals surface area contributed by atoms with Gasteiger partial charge in [0.05, 0.1) is 12.5 Å². The molecule has 0 radical (unpaired) electrons. The minimum Gasteiger partial charge on any atom is -0.481 e. The summed E-state index contributed by atoms with van der Waals surface area (Å²) in [5, 5.41) is 35.5. The first kappa shape index (κ1) is 32.7. The van der Waals surface area contributed by atoms with E-state index >= 15 is 0 Å². The van der Waals surface area contributed by atoms with Crippen LogP contribution in [0.15, 0.2) is 30.5 Å². The number of H-pyrrole nitrogens is 1. The molecular weight excluding hydrogens is 540 g/mol. The van der Waals surface area contributed by atoms with Crippen LogP contribution in [0.5, 0.6) is 0 Å². The number of nitrogens with two attached hydrogens (primary N) is 2. The molecule has 3 amide bonds. The normalized spacial score (nSPS) is 13.9. The van der Waals surface area contributed by atoms with Crippen LogP contribution in [0.4, 0.5) is 0 Å². The maximum Gasteiger partial charge on any atom is 0.326 e. The predicted molar refractivity (Wildman–Crippen MR) is 145 cm³/mol. The number of fused-ring (bicyclic) bond motifs is 1. The lowest BCUT2D eigenvalue weighted by Crippen LogP contribution is -2.57. The highest BCUT2D eigenvalue weighted by Crippen LogP contribution is 2.19. The van der Waals surface area contributed by atoms with Crippen LogP contribution in [0.3, 0.4) is 0 Å². The first-order valence-corrected chi connectivity index (χ1v) is 13.0. The van der Waals surface area contributed by atoms with E-state index in [1.807, 2.05) is 24.3 Å². The number of para-hydroxylation sites is 1. The van der Waals surface area contributed by atoms with E-state index in [0.29, 0.717) is 19.4 Å². The number of nitrogens with one attached hydrogen (secondary N) is 4. The molecule has 4 atom stereocenters. The molecule has 224 valence electrons. The summed E-state index contributed by atoms with van der Waals surface area (Å²) in [4.78, 5) is 75.9. The average Bonchev–Trinajstić information content (AvgIpc) is 3.32. The number of rotatable bonds is 18. The molecule has 2 rings (SSSR count). The number of carbonyl (C=O) groups is 6. The Kier molecular flexibility index (Phi) is 12.7. The summed E-state index contributed by atoms with van der Waals surface area (Å²) in [5.74, 6) is -6.94. The number of benzene rings is 1. The molecule has 4 unspecified atom stereocenters. The predicted octanol–water partition coefficient (Wildman–Crippen LogP) is -0.955. The smallest absolute Gasteiger partial charge is 0.326 e. The quantitative estimate of drug-likeness (QED) is 0.0976. The van der Waals surface area contributed by atoms with E-state index in [0.717, 1.165) is 16.5 Å². The fourth-order valence-corrected chi connectivity index (χ4v) is 4.12. The zero-order valence-electron chi connectivity index (χ0n) is 22.3. The van der Waals surface area contributed by atoms with Crippen LogP contribution in [-0.2, 0) is 35.2 Å². The van der Waals surface area contributed by atoms with E-state index < -0.39 is 79.1 Å². The molecule has 0 saturated heterocycles. The van der Waals surface area contributed by atoms with Gasteiger partial charge in [0.2, 0.25) is 17.7 Å². The van der Waals surface area contributed by atoms with E-state index in [4.69, 9.17) is 16.6 Å². The van der Waals surface area contributed by atoms with Gasteiger partial charge in [-0.05, 0) is 50.3 Å². The molecule has 15 nitrogen and oxygen atoms in total.